The molecule has 0 spiro atoms. The van der Waals surface area contributed by atoms with Crippen LogP contribution < -0.4 is 20.1 Å². The summed E-state index contributed by atoms with van der Waals surface area (Å²) in [7, 11) is 2.61. The molecule has 31 heavy (non-hydrogen) atoms. The molecule has 2 aromatic carbocycles. The first kappa shape index (κ1) is 22.2. The fraction of sp³-hybridized carbons (Fsp3) is 0.300. The van der Waals surface area contributed by atoms with E-state index in [0.717, 1.165) is 6.07 Å². The van der Waals surface area contributed by atoms with Crippen LogP contribution in [-0.4, -0.2) is 48.1 Å². The summed E-state index contributed by atoms with van der Waals surface area (Å²) >= 11 is 0. The first-order valence-corrected chi connectivity index (χ1v) is 8.94. The molecule has 1 fully saturated rings. The standard InChI is InChI=1S/C20H19F3N2O6/c1-30-12-6-3-10(4-7-12)17(27)15-16(11-5-8-13(26)14(9-11)31-2)24-18(28)25-19(15,29)20(21,22)23/h3-9,15-16,26,29H,1-2H3,(H2,24,25,28)/t15-,16-,19+/m1/s1. The molecule has 4 N–H and O–H groups in total. The number of halogens is 3. The van der Waals surface area contributed by atoms with Gasteiger partial charge in [0.2, 0.25) is 5.72 Å². The number of aromatic hydroxyl groups is 1. The van der Waals surface area contributed by atoms with E-state index in [-0.39, 0.29) is 22.6 Å². The fourth-order valence-electron chi connectivity index (χ4n) is 3.44. The average molecular weight is 440 g/mol. The molecule has 0 radical (unpaired) electrons. The van der Waals surface area contributed by atoms with Gasteiger partial charge in [-0.05, 0) is 42.0 Å². The molecule has 166 valence electrons. The van der Waals surface area contributed by atoms with E-state index in [4.69, 9.17) is 9.47 Å². The van der Waals surface area contributed by atoms with E-state index in [0.29, 0.717) is 5.75 Å². The molecule has 11 heteroatoms. The first-order chi connectivity index (χ1) is 14.5. The minimum Gasteiger partial charge on any atom is -0.504 e. The lowest BCUT2D eigenvalue weighted by Crippen LogP contribution is -2.72. The number of benzene rings is 2. The number of rotatable bonds is 5. The molecule has 0 unspecified atom stereocenters. The lowest BCUT2D eigenvalue weighted by molar-refractivity contribution is -0.287. The van der Waals surface area contributed by atoms with E-state index in [9.17, 15) is 33.0 Å². The summed E-state index contributed by atoms with van der Waals surface area (Å²) in [6.45, 7) is 0. The smallest absolute Gasteiger partial charge is 0.437 e. The number of Topliss-reactive ketones (excluding diaryl/α,β-unsaturated/α-hetero) is 1. The van der Waals surface area contributed by atoms with Gasteiger partial charge in [0, 0.05) is 5.56 Å². The minimum absolute atomic E-state index is 0.0130. The molecule has 0 saturated carbocycles. The van der Waals surface area contributed by atoms with Crippen molar-refractivity contribution >= 4 is 11.8 Å². The van der Waals surface area contributed by atoms with E-state index < -0.39 is 35.7 Å². The van der Waals surface area contributed by atoms with E-state index in [1.54, 1.807) is 0 Å². The second kappa shape index (κ2) is 7.99. The van der Waals surface area contributed by atoms with Crippen molar-refractivity contribution in [3.8, 4) is 17.2 Å². The monoisotopic (exact) mass is 440 g/mol. The number of carbonyl (C=O) groups is 2. The fourth-order valence-corrected chi connectivity index (χ4v) is 3.44. The number of amides is 2. The van der Waals surface area contributed by atoms with Crippen LogP contribution in [0.5, 0.6) is 17.2 Å². The molecule has 0 aliphatic carbocycles. The van der Waals surface area contributed by atoms with Crippen molar-refractivity contribution in [3.63, 3.8) is 0 Å². The van der Waals surface area contributed by atoms with Gasteiger partial charge < -0.3 is 30.3 Å². The Hall–Kier alpha value is -3.47. The lowest BCUT2D eigenvalue weighted by Gasteiger charge is -2.45. The molecule has 8 nitrogen and oxygen atoms in total. The quantitative estimate of drug-likeness (QED) is 0.531. The molecule has 1 heterocycles. The molecule has 1 aliphatic rings. The van der Waals surface area contributed by atoms with Crippen molar-refractivity contribution in [3.05, 3.63) is 53.6 Å². The SMILES string of the molecule is COc1ccc(C(=O)[C@H]2[C@@H](c3ccc(O)c(OC)c3)NC(=O)N[C@@]2(O)C(F)(F)F)cc1. The van der Waals surface area contributed by atoms with Crippen LogP contribution in [0.25, 0.3) is 0 Å². The molecule has 3 atom stereocenters. The zero-order valence-electron chi connectivity index (χ0n) is 16.4. The van der Waals surface area contributed by atoms with Gasteiger partial charge in [-0.15, -0.1) is 0 Å². The van der Waals surface area contributed by atoms with Crippen molar-refractivity contribution < 1.29 is 42.4 Å². The van der Waals surface area contributed by atoms with Gasteiger partial charge in [0.25, 0.3) is 0 Å². The summed E-state index contributed by atoms with van der Waals surface area (Å²) in [6, 6.07) is 5.90. The van der Waals surface area contributed by atoms with Crippen molar-refractivity contribution in [1.82, 2.24) is 10.6 Å². The van der Waals surface area contributed by atoms with Crippen LogP contribution in [0.15, 0.2) is 42.5 Å². The molecule has 2 amide bonds. The van der Waals surface area contributed by atoms with Crippen LogP contribution in [0, 0.1) is 5.92 Å². The third-order valence-corrected chi connectivity index (χ3v) is 5.03. The molecular formula is C20H19F3N2O6. The highest BCUT2D eigenvalue weighted by molar-refractivity contribution is 6.00. The number of phenolic OH excluding ortho intramolecular Hbond substituents is 1. The number of ketones is 1. The van der Waals surface area contributed by atoms with Crippen molar-refractivity contribution in [2.24, 2.45) is 5.92 Å². The Morgan fingerprint density at radius 1 is 1.10 bits per heavy atom. The topological polar surface area (TPSA) is 117 Å². The number of urea groups is 1. The maximum atomic E-state index is 13.9. The Balaban J connectivity index is 2.16. The normalized spacial score (nSPS) is 23.5. The highest BCUT2D eigenvalue weighted by Gasteiger charge is 2.66. The number of nitrogens with one attached hydrogen (secondary N) is 2. The number of aliphatic hydroxyl groups is 1. The predicted octanol–water partition coefficient (Wildman–Crippen LogP) is 2.51. The summed E-state index contributed by atoms with van der Waals surface area (Å²) in [6.07, 6.45) is -5.38. The Kier molecular flexibility index (Phi) is 5.72. The van der Waals surface area contributed by atoms with Gasteiger partial charge in [-0.1, -0.05) is 6.07 Å². The molecule has 1 saturated heterocycles. The zero-order valence-corrected chi connectivity index (χ0v) is 16.4. The highest BCUT2D eigenvalue weighted by atomic mass is 19.4. The average Bonchev–Trinajstić information content (AvgIpc) is 2.72. The predicted molar refractivity (Wildman–Crippen MR) is 101 cm³/mol. The van der Waals surface area contributed by atoms with Crippen LogP contribution in [0.2, 0.25) is 0 Å². The van der Waals surface area contributed by atoms with Gasteiger partial charge in [-0.25, -0.2) is 4.79 Å². The summed E-state index contributed by atoms with van der Waals surface area (Å²) in [5, 5.41) is 24.1. The summed E-state index contributed by atoms with van der Waals surface area (Å²) in [5.74, 6) is -3.29. The van der Waals surface area contributed by atoms with Gasteiger partial charge >= 0.3 is 12.2 Å². The molecule has 0 aromatic heterocycles. The first-order valence-electron chi connectivity index (χ1n) is 8.94. The third kappa shape index (κ3) is 3.96. The Morgan fingerprint density at radius 2 is 1.74 bits per heavy atom. The Morgan fingerprint density at radius 3 is 2.29 bits per heavy atom. The number of hydrogen-bond donors (Lipinski definition) is 4. The molecular weight excluding hydrogens is 421 g/mol. The molecule has 3 rings (SSSR count). The zero-order chi connectivity index (χ0) is 23.0. The van der Waals surface area contributed by atoms with Crippen LogP contribution in [0.3, 0.4) is 0 Å². The van der Waals surface area contributed by atoms with Gasteiger partial charge in [0.1, 0.15) is 11.7 Å². The second-order valence-corrected chi connectivity index (χ2v) is 6.84. The van der Waals surface area contributed by atoms with Crippen LogP contribution in [0.4, 0.5) is 18.0 Å². The Bertz CT molecular complexity index is 995. The summed E-state index contributed by atoms with van der Waals surface area (Å²) in [4.78, 5) is 25.2. The summed E-state index contributed by atoms with van der Waals surface area (Å²) in [5.41, 5.74) is -3.98. The summed E-state index contributed by atoms with van der Waals surface area (Å²) < 4.78 is 51.7. The Labute approximate surface area is 174 Å². The number of phenols is 1. The van der Waals surface area contributed by atoms with Gasteiger partial charge in [-0.3, -0.25) is 4.79 Å². The lowest BCUT2D eigenvalue weighted by atomic mass is 9.77. The van der Waals surface area contributed by atoms with Gasteiger partial charge in [0.05, 0.1) is 20.3 Å². The number of methoxy groups -OCH3 is 2. The highest BCUT2D eigenvalue weighted by Crippen LogP contribution is 2.45. The van der Waals surface area contributed by atoms with Gasteiger partial charge in [-0.2, -0.15) is 13.2 Å². The largest absolute Gasteiger partial charge is 0.504 e. The molecule has 2 aromatic rings. The van der Waals surface area contributed by atoms with Crippen molar-refractivity contribution in [2.75, 3.05) is 14.2 Å². The van der Waals surface area contributed by atoms with E-state index in [1.807, 2.05) is 0 Å². The number of hydrogen-bond acceptors (Lipinski definition) is 6. The minimum atomic E-state index is -5.38. The van der Waals surface area contributed by atoms with Crippen LogP contribution >= 0.6 is 0 Å². The van der Waals surface area contributed by atoms with Crippen molar-refractivity contribution in [1.29, 1.82) is 0 Å². The maximum absolute atomic E-state index is 13.9. The van der Waals surface area contributed by atoms with Gasteiger partial charge in [0.15, 0.2) is 17.3 Å². The maximum Gasteiger partial charge on any atom is 0.437 e. The third-order valence-electron chi connectivity index (χ3n) is 5.03. The van der Waals surface area contributed by atoms with Crippen LogP contribution in [-0.2, 0) is 0 Å². The van der Waals surface area contributed by atoms with Crippen LogP contribution in [0.1, 0.15) is 22.0 Å². The number of alkyl halides is 3. The van der Waals surface area contributed by atoms with E-state index >= 15 is 0 Å². The van der Waals surface area contributed by atoms with Crippen molar-refractivity contribution in [2.45, 2.75) is 17.9 Å². The number of carbonyl (C=O) groups excluding carboxylic acids is 2. The second-order valence-electron chi connectivity index (χ2n) is 6.84. The number of ether oxygens (including phenoxy) is 2. The van der Waals surface area contributed by atoms with E-state index in [2.05, 4.69) is 5.32 Å². The molecule has 0 bridgehead atoms. The molecule has 1 aliphatic heterocycles. The van der Waals surface area contributed by atoms with E-state index in [1.165, 1.54) is 55.9 Å².